The fourth-order valence-electron chi connectivity index (χ4n) is 2.62. The van der Waals surface area contributed by atoms with Gasteiger partial charge in [0.05, 0.1) is 11.8 Å². The van der Waals surface area contributed by atoms with Gasteiger partial charge in [-0.25, -0.2) is 9.97 Å². The van der Waals surface area contributed by atoms with Gasteiger partial charge in [-0.15, -0.1) is 0 Å². The van der Waals surface area contributed by atoms with E-state index in [-0.39, 0.29) is 29.3 Å². The summed E-state index contributed by atoms with van der Waals surface area (Å²) in [6.07, 6.45) is 0. The predicted octanol–water partition coefficient (Wildman–Crippen LogP) is 3.28. The van der Waals surface area contributed by atoms with Gasteiger partial charge >= 0.3 is 0 Å². The summed E-state index contributed by atoms with van der Waals surface area (Å²) in [4.78, 5) is 20.3. The summed E-state index contributed by atoms with van der Waals surface area (Å²) in [7, 11) is 0. The second-order valence-corrected chi connectivity index (χ2v) is 7.01. The molecule has 6 nitrogen and oxygen atoms in total. The van der Waals surface area contributed by atoms with Gasteiger partial charge in [0, 0.05) is 6.07 Å². The summed E-state index contributed by atoms with van der Waals surface area (Å²) in [6.45, 7) is 1.95. The molecule has 1 aromatic heterocycles. The van der Waals surface area contributed by atoms with Crippen LogP contribution in [0.1, 0.15) is 18.5 Å². The highest BCUT2D eigenvalue weighted by molar-refractivity contribution is 7.99. The molecule has 0 radical (unpaired) electrons. The van der Waals surface area contributed by atoms with Crippen molar-refractivity contribution in [2.24, 2.45) is 0 Å². The van der Waals surface area contributed by atoms with E-state index < -0.39 is 0 Å². The van der Waals surface area contributed by atoms with Gasteiger partial charge in [0.25, 0.3) is 0 Å². The van der Waals surface area contributed by atoms with Gasteiger partial charge in [-0.3, -0.25) is 4.79 Å². The lowest BCUT2D eigenvalue weighted by molar-refractivity contribution is -0.119. The molecule has 138 valence electrons. The molecule has 1 heterocycles. The summed E-state index contributed by atoms with van der Waals surface area (Å²) in [5.41, 5.74) is 14.6. The first-order chi connectivity index (χ1) is 13.0. The van der Waals surface area contributed by atoms with Crippen molar-refractivity contribution >= 4 is 29.3 Å². The van der Waals surface area contributed by atoms with Crippen LogP contribution in [0.15, 0.2) is 65.8 Å². The molecule has 5 N–H and O–H groups in total. The number of nitrogen functional groups attached to an aromatic ring is 2. The molecule has 0 aliphatic rings. The highest BCUT2D eigenvalue weighted by Crippen LogP contribution is 2.22. The van der Waals surface area contributed by atoms with Gasteiger partial charge in [0.15, 0.2) is 5.16 Å². The lowest BCUT2D eigenvalue weighted by atomic mass is 10.0. The van der Waals surface area contributed by atoms with Crippen LogP contribution in [0, 0.1) is 0 Å². The van der Waals surface area contributed by atoms with E-state index in [4.69, 9.17) is 11.5 Å². The first-order valence-corrected chi connectivity index (χ1v) is 9.47. The highest BCUT2D eigenvalue weighted by Gasteiger charge is 2.11. The maximum atomic E-state index is 12.2. The molecule has 2 aromatic carbocycles. The molecule has 0 aliphatic heterocycles. The quantitative estimate of drug-likeness (QED) is 0.448. The van der Waals surface area contributed by atoms with E-state index in [1.807, 2.05) is 37.3 Å². The number of carbonyl (C=O) groups is 1. The van der Waals surface area contributed by atoms with Crippen molar-refractivity contribution < 1.29 is 4.79 Å². The summed E-state index contributed by atoms with van der Waals surface area (Å²) in [5, 5.41) is 3.37. The van der Waals surface area contributed by atoms with E-state index >= 15 is 0 Å². The van der Waals surface area contributed by atoms with E-state index in [9.17, 15) is 4.79 Å². The van der Waals surface area contributed by atoms with Crippen molar-refractivity contribution in [2.45, 2.75) is 18.1 Å². The van der Waals surface area contributed by atoms with Crippen molar-refractivity contribution in [1.82, 2.24) is 15.3 Å². The van der Waals surface area contributed by atoms with Crippen LogP contribution < -0.4 is 16.8 Å². The largest absolute Gasteiger partial charge is 0.383 e. The minimum Gasteiger partial charge on any atom is -0.383 e. The first-order valence-electron chi connectivity index (χ1n) is 8.49. The molecular formula is C20H21N5OS. The van der Waals surface area contributed by atoms with Gasteiger partial charge in [0.1, 0.15) is 11.6 Å². The average molecular weight is 379 g/mol. The minimum absolute atomic E-state index is 0.102. The van der Waals surface area contributed by atoms with Crippen LogP contribution in [0.25, 0.3) is 11.1 Å². The second-order valence-electron chi connectivity index (χ2n) is 6.07. The molecule has 0 spiro atoms. The third kappa shape index (κ3) is 5.21. The first kappa shape index (κ1) is 18.7. The maximum Gasteiger partial charge on any atom is 0.230 e. The molecule has 1 atom stereocenters. The molecule has 1 amide bonds. The molecular weight excluding hydrogens is 358 g/mol. The van der Waals surface area contributed by atoms with Crippen LogP contribution in [0.4, 0.5) is 11.6 Å². The lowest BCUT2D eigenvalue weighted by Gasteiger charge is -2.15. The fourth-order valence-corrected chi connectivity index (χ4v) is 3.30. The topological polar surface area (TPSA) is 107 Å². The van der Waals surface area contributed by atoms with E-state index in [0.29, 0.717) is 5.16 Å². The van der Waals surface area contributed by atoms with E-state index in [1.54, 1.807) is 0 Å². The normalized spacial score (nSPS) is 11.7. The highest BCUT2D eigenvalue weighted by atomic mass is 32.2. The number of anilines is 2. The molecule has 0 saturated carbocycles. The van der Waals surface area contributed by atoms with Gasteiger partial charge in [-0.05, 0) is 23.6 Å². The van der Waals surface area contributed by atoms with Crippen LogP contribution in [0.2, 0.25) is 0 Å². The number of nitrogens with one attached hydrogen (secondary N) is 1. The SMILES string of the molecule is C[C@H](NC(=O)CSc1nc(N)cc(N)n1)c1ccc(-c2ccccc2)cc1. The Morgan fingerprint density at radius 1 is 1.00 bits per heavy atom. The molecule has 27 heavy (non-hydrogen) atoms. The van der Waals surface area contributed by atoms with Gasteiger partial charge in [-0.2, -0.15) is 0 Å². The summed E-state index contributed by atoms with van der Waals surface area (Å²) >= 11 is 1.20. The number of hydrogen-bond acceptors (Lipinski definition) is 6. The van der Waals surface area contributed by atoms with Gasteiger partial charge in [-0.1, -0.05) is 66.4 Å². The Balaban J connectivity index is 1.56. The Hall–Kier alpha value is -3.06. The third-order valence-electron chi connectivity index (χ3n) is 3.97. The number of amides is 1. The van der Waals surface area contributed by atoms with Crippen LogP contribution in [0.5, 0.6) is 0 Å². The summed E-state index contributed by atoms with van der Waals surface area (Å²) in [5.74, 6) is 0.661. The van der Waals surface area contributed by atoms with Crippen molar-refractivity contribution in [2.75, 3.05) is 17.2 Å². The zero-order valence-electron chi connectivity index (χ0n) is 14.9. The molecule has 3 rings (SSSR count). The summed E-state index contributed by atoms with van der Waals surface area (Å²) < 4.78 is 0. The molecule has 7 heteroatoms. The Kier molecular flexibility index (Phi) is 5.93. The molecule has 3 aromatic rings. The lowest BCUT2D eigenvalue weighted by Crippen LogP contribution is -2.28. The number of nitrogens with zero attached hydrogens (tertiary/aromatic N) is 2. The maximum absolute atomic E-state index is 12.2. The number of nitrogens with two attached hydrogens (primary N) is 2. The third-order valence-corrected chi connectivity index (χ3v) is 4.82. The number of hydrogen-bond donors (Lipinski definition) is 3. The second kappa shape index (κ2) is 8.55. The Morgan fingerprint density at radius 2 is 1.59 bits per heavy atom. The zero-order chi connectivity index (χ0) is 19.2. The van der Waals surface area contributed by atoms with Gasteiger partial charge < -0.3 is 16.8 Å². The predicted molar refractivity (Wildman–Crippen MR) is 110 cm³/mol. The Labute approximate surface area is 162 Å². The fraction of sp³-hybridized carbons (Fsp3) is 0.150. The van der Waals surface area contributed by atoms with Crippen molar-refractivity contribution in [3.63, 3.8) is 0 Å². The zero-order valence-corrected chi connectivity index (χ0v) is 15.7. The smallest absolute Gasteiger partial charge is 0.230 e. The number of thioether (sulfide) groups is 1. The molecule has 0 bridgehead atoms. The van der Waals surface area contributed by atoms with E-state index in [1.165, 1.54) is 23.4 Å². The minimum atomic E-state index is -0.107. The summed E-state index contributed by atoms with van der Waals surface area (Å²) in [6, 6.07) is 19.7. The van der Waals surface area contributed by atoms with Crippen LogP contribution >= 0.6 is 11.8 Å². The standard InChI is InChI=1S/C20H21N5OS/c1-13(14-7-9-16(10-8-14)15-5-3-2-4-6-15)23-19(26)12-27-20-24-17(21)11-18(22)25-20/h2-11,13H,12H2,1H3,(H,23,26)(H4,21,22,24,25)/t13-/m0/s1. The monoisotopic (exact) mass is 379 g/mol. The van der Waals surface area contributed by atoms with E-state index in [0.717, 1.165) is 11.1 Å². The van der Waals surface area contributed by atoms with Crippen LogP contribution in [-0.2, 0) is 4.79 Å². The Morgan fingerprint density at radius 3 is 2.22 bits per heavy atom. The Bertz CT molecular complexity index is 895. The van der Waals surface area contributed by atoms with Gasteiger partial charge in [0.2, 0.25) is 5.91 Å². The molecule has 0 saturated heterocycles. The van der Waals surface area contributed by atoms with Crippen molar-refractivity contribution in [3.05, 3.63) is 66.2 Å². The molecule has 0 fully saturated rings. The van der Waals surface area contributed by atoms with Crippen LogP contribution in [0.3, 0.4) is 0 Å². The van der Waals surface area contributed by atoms with Crippen LogP contribution in [-0.4, -0.2) is 21.6 Å². The average Bonchev–Trinajstić information content (AvgIpc) is 2.66. The number of rotatable bonds is 6. The van der Waals surface area contributed by atoms with Crippen molar-refractivity contribution in [1.29, 1.82) is 0 Å². The number of carbonyl (C=O) groups excluding carboxylic acids is 1. The van der Waals surface area contributed by atoms with E-state index in [2.05, 4.69) is 39.6 Å². The van der Waals surface area contributed by atoms with Crippen molar-refractivity contribution in [3.8, 4) is 11.1 Å². The molecule has 0 unspecified atom stereocenters. The number of aromatic nitrogens is 2. The number of benzene rings is 2. The molecule has 0 aliphatic carbocycles.